The molecular formula is C22H26N8O3. The van der Waals surface area contributed by atoms with Crippen LogP contribution in [0.15, 0.2) is 18.7 Å². The van der Waals surface area contributed by atoms with Crippen LogP contribution in [0.3, 0.4) is 0 Å². The highest BCUT2D eigenvalue weighted by Gasteiger charge is 2.38. The SMILES string of the molecule is C=C(N)c1nc(C2CCN(c3nc(OCC4CC4C#N)nc(C(=O)OC)n3)CC2)ccc1N. The molecule has 11 nitrogen and oxygen atoms in total. The van der Waals surface area contributed by atoms with Crippen molar-refractivity contribution in [3.63, 3.8) is 0 Å². The molecule has 2 aromatic rings. The van der Waals surface area contributed by atoms with Crippen LogP contribution in [0.25, 0.3) is 5.70 Å². The Morgan fingerprint density at radius 3 is 2.67 bits per heavy atom. The third kappa shape index (κ3) is 4.95. The van der Waals surface area contributed by atoms with Gasteiger partial charge >= 0.3 is 12.0 Å². The van der Waals surface area contributed by atoms with E-state index < -0.39 is 5.97 Å². The summed E-state index contributed by atoms with van der Waals surface area (Å²) in [6, 6.07) is 5.99. The molecule has 2 aromatic heterocycles. The van der Waals surface area contributed by atoms with E-state index in [1.54, 1.807) is 6.07 Å². The van der Waals surface area contributed by atoms with Gasteiger partial charge in [0.15, 0.2) is 0 Å². The lowest BCUT2D eigenvalue weighted by Crippen LogP contribution is -2.35. The molecule has 0 bridgehead atoms. The molecule has 2 aliphatic rings. The van der Waals surface area contributed by atoms with Gasteiger partial charge in [0.05, 0.1) is 37.1 Å². The van der Waals surface area contributed by atoms with Crippen molar-refractivity contribution < 1.29 is 14.3 Å². The summed E-state index contributed by atoms with van der Waals surface area (Å²) in [6.45, 7) is 5.36. The average molecular weight is 451 g/mol. The van der Waals surface area contributed by atoms with Gasteiger partial charge in [-0.05, 0) is 31.4 Å². The number of aromatic nitrogens is 4. The Morgan fingerprint density at radius 2 is 2.03 bits per heavy atom. The van der Waals surface area contributed by atoms with E-state index in [0.717, 1.165) is 25.0 Å². The van der Waals surface area contributed by atoms with Crippen LogP contribution in [0.5, 0.6) is 6.01 Å². The molecule has 4 rings (SSSR count). The molecule has 1 aliphatic carbocycles. The first-order valence-corrected chi connectivity index (χ1v) is 10.7. The van der Waals surface area contributed by atoms with Crippen LogP contribution in [0.1, 0.15) is 47.2 Å². The van der Waals surface area contributed by atoms with E-state index in [0.29, 0.717) is 42.7 Å². The zero-order valence-corrected chi connectivity index (χ0v) is 18.4. The van der Waals surface area contributed by atoms with E-state index in [4.69, 9.17) is 26.2 Å². The minimum atomic E-state index is -0.666. The maximum Gasteiger partial charge on any atom is 0.376 e. The summed E-state index contributed by atoms with van der Waals surface area (Å²) in [6.07, 6.45) is 2.40. The Bertz CT molecular complexity index is 1110. The van der Waals surface area contributed by atoms with Crippen molar-refractivity contribution in [3.8, 4) is 12.1 Å². The molecule has 4 N–H and O–H groups in total. The van der Waals surface area contributed by atoms with Crippen LogP contribution in [0.4, 0.5) is 11.6 Å². The largest absolute Gasteiger partial charge is 0.463 e. The number of rotatable bonds is 7. The van der Waals surface area contributed by atoms with Gasteiger partial charge in [0.2, 0.25) is 11.8 Å². The summed E-state index contributed by atoms with van der Waals surface area (Å²) in [7, 11) is 1.27. The van der Waals surface area contributed by atoms with E-state index in [2.05, 4.69) is 32.6 Å². The molecule has 0 aromatic carbocycles. The maximum atomic E-state index is 12.1. The number of carbonyl (C=O) groups is 1. The molecule has 172 valence electrons. The number of methoxy groups -OCH3 is 1. The third-order valence-corrected chi connectivity index (χ3v) is 5.93. The second-order valence-electron chi connectivity index (χ2n) is 8.24. The number of pyridine rings is 1. The van der Waals surface area contributed by atoms with E-state index in [9.17, 15) is 4.79 Å². The van der Waals surface area contributed by atoms with Gasteiger partial charge in [-0.15, -0.1) is 0 Å². The van der Waals surface area contributed by atoms with E-state index in [-0.39, 0.29) is 29.6 Å². The number of ether oxygens (including phenoxy) is 2. The van der Waals surface area contributed by atoms with Crippen LogP contribution in [0.2, 0.25) is 0 Å². The minimum absolute atomic E-state index is 0.00399. The quantitative estimate of drug-likeness (QED) is 0.586. The molecule has 0 amide bonds. The highest BCUT2D eigenvalue weighted by molar-refractivity contribution is 5.85. The van der Waals surface area contributed by atoms with Gasteiger partial charge in [0, 0.05) is 30.6 Å². The fraction of sp³-hybridized carbons (Fsp3) is 0.455. The van der Waals surface area contributed by atoms with Crippen molar-refractivity contribution in [3.05, 3.63) is 35.9 Å². The van der Waals surface area contributed by atoms with Crippen molar-refractivity contribution >= 4 is 23.3 Å². The monoisotopic (exact) mass is 450 g/mol. The minimum Gasteiger partial charge on any atom is -0.463 e. The molecule has 2 unspecified atom stereocenters. The molecular weight excluding hydrogens is 424 g/mol. The summed E-state index contributed by atoms with van der Waals surface area (Å²) >= 11 is 0. The normalized spacial score (nSPS) is 20.1. The number of nitrogen functional groups attached to an aromatic ring is 1. The number of nitriles is 1. The summed E-state index contributed by atoms with van der Waals surface area (Å²) in [5, 5.41) is 8.96. The number of nitrogens with two attached hydrogens (primary N) is 2. The van der Waals surface area contributed by atoms with Gasteiger partial charge < -0.3 is 25.8 Å². The fourth-order valence-electron chi connectivity index (χ4n) is 3.85. The number of piperidine rings is 1. The van der Waals surface area contributed by atoms with Gasteiger partial charge in [0.25, 0.3) is 0 Å². The first kappa shape index (κ1) is 22.3. The standard InChI is InChI=1S/C22H26N8O3/c1-12(24)18-16(25)3-4-17(26-18)13-5-7-30(8-6-13)21-27-19(20(31)32-2)28-22(29-21)33-11-15-9-14(15)10-23/h3-4,13-15H,1,5-9,11,24-25H2,2H3. The molecule has 0 spiro atoms. The molecule has 11 heteroatoms. The summed E-state index contributed by atoms with van der Waals surface area (Å²) in [4.78, 5) is 31.4. The fourth-order valence-corrected chi connectivity index (χ4v) is 3.85. The Labute approximate surface area is 191 Å². The number of carbonyl (C=O) groups excluding carboxylic acids is 1. The molecule has 2 atom stereocenters. The highest BCUT2D eigenvalue weighted by atomic mass is 16.5. The van der Waals surface area contributed by atoms with E-state index >= 15 is 0 Å². The van der Waals surface area contributed by atoms with Crippen LogP contribution in [-0.2, 0) is 4.74 Å². The predicted octanol–water partition coefficient (Wildman–Crippen LogP) is 1.49. The molecule has 2 fully saturated rings. The second kappa shape index (κ2) is 9.28. The molecule has 1 saturated heterocycles. The van der Waals surface area contributed by atoms with Gasteiger partial charge in [0.1, 0.15) is 5.69 Å². The van der Waals surface area contributed by atoms with Crippen molar-refractivity contribution in [2.75, 3.05) is 37.4 Å². The summed E-state index contributed by atoms with van der Waals surface area (Å²) in [5.74, 6) is -0.0410. The molecule has 33 heavy (non-hydrogen) atoms. The summed E-state index contributed by atoms with van der Waals surface area (Å²) in [5.41, 5.74) is 14.0. The Hall–Kier alpha value is -3.94. The maximum absolute atomic E-state index is 12.1. The van der Waals surface area contributed by atoms with E-state index in [1.165, 1.54) is 7.11 Å². The summed E-state index contributed by atoms with van der Waals surface area (Å²) < 4.78 is 10.5. The van der Waals surface area contributed by atoms with Crippen LogP contribution >= 0.6 is 0 Å². The van der Waals surface area contributed by atoms with Crippen molar-refractivity contribution in [2.24, 2.45) is 17.6 Å². The van der Waals surface area contributed by atoms with Gasteiger partial charge in [-0.1, -0.05) is 6.58 Å². The zero-order chi connectivity index (χ0) is 23.5. The lowest BCUT2D eigenvalue weighted by Gasteiger charge is -2.32. The number of hydrogen-bond acceptors (Lipinski definition) is 11. The molecule has 3 heterocycles. The Morgan fingerprint density at radius 1 is 1.27 bits per heavy atom. The molecule has 0 radical (unpaired) electrons. The van der Waals surface area contributed by atoms with Crippen LogP contribution in [-0.4, -0.2) is 52.7 Å². The zero-order valence-electron chi connectivity index (χ0n) is 18.4. The lowest BCUT2D eigenvalue weighted by molar-refractivity contribution is 0.0584. The second-order valence-corrected chi connectivity index (χ2v) is 8.24. The number of nitrogens with zero attached hydrogens (tertiary/aromatic N) is 6. The highest BCUT2D eigenvalue weighted by Crippen LogP contribution is 2.37. The Kier molecular flexibility index (Phi) is 6.26. The molecule has 1 aliphatic heterocycles. The first-order valence-electron chi connectivity index (χ1n) is 10.7. The van der Waals surface area contributed by atoms with Crippen LogP contribution in [0, 0.1) is 23.2 Å². The number of hydrogen-bond donors (Lipinski definition) is 2. The van der Waals surface area contributed by atoms with Gasteiger partial charge in [-0.3, -0.25) is 0 Å². The molecule has 1 saturated carbocycles. The van der Waals surface area contributed by atoms with Crippen molar-refractivity contribution in [1.82, 2.24) is 19.9 Å². The topological polar surface area (TPSA) is 166 Å². The van der Waals surface area contributed by atoms with Gasteiger partial charge in [-0.2, -0.15) is 20.2 Å². The Balaban J connectivity index is 1.47. The number of anilines is 2. The average Bonchev–Trinajstić information content (AvgIpc) is 3.61. The predicted molar refractivity (Wildman–Crippen MR) is 120 cm³/mol. The van der Waals surface area contributed by atoms with Crippen molar-refractivity contribution in [2.45, 2.75) is 25.2 Å². The van der Waals surface area contributed by atoms with Crippen LogP contribution < -0.4 is 21.1 Å². The van der Waals surface area contributed by atoms with E-state index in [1.807, 2.05) is 11.0 Å². The van der Waals surface area contributed by atoms with Gasteiger partial charge in [-0.25, -0.2) is 9.78 Å². The van der Waals surface area contributed by atoms with Crippen molar-refractivity contribution in [1.29, 1.82) is 5.26 Å². The third-order valence-electron chi connectivity index (χ3n) is 5.93. The smallest absolute Gasteiger partial charge is 0.376 e. The first-order chi connectivity index (χ1) is 15.9. The lowest BCUT2D eigenvalue weighted by atomic mass is 9.93. The number of esters is 1.